The third-order valence-corrected chi connectivity index (χ3v) is 3.66. The van der Waals surface area contributed by atoms with E-state index in [0.717, 1.165) is 17.7 Å². The normalized spacial score (nSPS) is 11.0. The van der Waals surface area contributed by atoms with E-state index >= 15 is 0 Å². The lowest BCUT2D eigenvalue weighted by atomic mass is 10.1. The van der Waals surface area contributed by atoms with Crippen LogP contribution in [-0.4, -0.2) is 17.9 Å². The average molecular weight is 348 g/mol. The van der Waals surface area contributed by atoms with Crippen molar-refractivity contribution < 1.29 is 9.84 Å². The first kappa shape index (κ1) is 15.6. The summed E-state index contributed by atoms with van der Waals surface area (Å²) in [6, 6.07) is 11.7. The van der Waals surface area contributed by atoms with Crippen LogP contribution in [0.3, 0.4) is 0 Å². The molecule has 0 aliphatic rings. The summed E-state index contributed by atoms with van der Waals surface area (Å²) < 4.78 is 5.99. The number of hydrogen-bond donors (Lipinski definition) is 1. The van der Waals surface area contributed by atoms with E-state index in [1.165, 1.54) is 5.56 Å². The second kappa shape index (κ2) is 7.27. The number of aliphatic imine (C=N–C) groups is 1. The molecule has 1 N–H and O–H groups in total. The van der Waals surface area contributed by atoms with E-state index in [4.69, 9.17) is 4.74 Å². The summed E-state index contributed by atoms with van der Waals surface area (Å²) in [6.07, 6.45) is 2.78. The van der Waals surface area contributed by atoms with Gasteiger partial charge in [0.1, 0.15) is 0 Å². The summed E-state index contributed by atoms with van der Waals surface area (Å²) in [7, 11) is 0. The summed E-state index contributed by atoms with van der Waals surface area (Å²) in [5.41, 5.74) is 3.05. The largest absolute Gasteiger partial charge is 0.503 e. The van der Waals surface area contributed by atoms with Gasteiger partial charge in [0.2, 0.25) is 0 Å². The number of aryl methyl sites for hydroxylation is 1. The van der Waals surface area contributed by atoms with Crippen molar-refractivity contribution in [1.29, 1.82) is 0 Å². The fourth-order valence-corrected chi connectivity index (χ4v) is 2.36. The van der Waals surface area contributed by atoms with Crippen LogP contribution in [0.25, 0.3) is 0 Å². The Morgan fingerprint density at radius 2 is 1.90 bits per heavy atom. The van der Waals surface area contributed by atoms with Crippen molar-refractivity contribution in [2.75, 3.05) is 6.61 Å². The molecule has 2 rings (SSSR count). The minimum Gasteiger partial charge on any atom is -0.503 e. The smallest absolute Gasteiger partial charge is 0.172 e. The van der Waals surface area contributed by atoms with Gasteiger partial charge in [-0.3, -0.25) is 4.99 Å². The standard InChI is InChI=1S/C17H18BrNO2/c1-3-12-5-7-14(8-6-12)19-11-13-9-15(18)17(20)16(10-13)21-4-2/h5-11,20H,3-4H2,1-2H3. The molecule has 0 amide bonds. The van der Waals surface area contributed by atoms with Gasteiger partial charge in [0.15, 0.2) is 11.5 Å². The topological polar surface area (TPSA) is 41.8 Å². The highest BCUT2D eigenvalue weighted by atomic mass is 79.9. The second-order valence-electron chi connectivity index (χ2n) is 4.56. The summed E-state index contributed by atoms with van der Waals surface area (Å²) in [5, 5.41) is 9.88. The molecule has 2 aromatic carbocycles. The van der Waals surface area contributed by atoms with E-state index in [1.54, 1.807) is 12.3 Å². The first-order chi connectivity index (χ1) is 10.1. The van der Waals surface area contributed by atoms with Crippen molar-refractivity contribution in [2.24, 2.45) is 4.99 Å². The van der Waals surface area contributed by atoms with Crippen molar-refractivity contribution in [3.8, 4) is 11.5 Å². The monoisotopic (exact) mass is 347 g/mol. The van der Waals surface area contributed by atoms with E-state index in [-0.39, 0.29) is 5.75 Å². The molecule has 0 unspecified atom stereocenters. The van der Waals surface area contributed by atoms with Gasteiger partial charge in [-0.2, -0.15) is 0 Å². The fraction of sp³-hybridized carbons (Fsp3) is 0.235. The summed E-state index contributed by atoms with van der Waals surface area (Å²) in [6.45, 7) is 4.50. The molecule has 0 aromatic heterocycles. The molecular formula is C17H18BrNO2. The number of nitrogens with zero attached hydrogens (tertiary/aromatic N) is 1. The van der Waals surface area contributed by atoms with E-state index in [0.29, 0.717) is 16.8 Å². The lowest BCUT2D eigenvalue weighted by Gasteiger charge is -2.08. The van der Waals surface area contributed by atoms with Crippen LogP contribution in [0.4, 0.5) is 5.69 Å². The first-order valence-corrected chi connectivity index (χ1v) is 7.71. The van der Waals surface area contributed by atoms with Crippen molar-refractivity contribution in [3.05, 3.63) is 52.0 Å². The quantitative estimate of drug-likeness (QED) is 0.784. The number of phenols is 1. The predicted octanol–water partition coefficient (Wildman–Crippen LogP) is 4.87. The minimum atomic E-state index is 0.112. The SMILES string of the molecule is CCOc1cc(C=Nc2ccc(CC)cc2)cc(Br)c1O. The van der Waals surface area contributed by atoms with Gasteiger partial charge in [-0.15, -0.1) is 0 Å². The Morgan fingerprint density at radius 1 is 1.19 bits per heavy atom. The molecule has 4 heteroatoms. The van der Waals surface area contributed by atoms with Crippen molar-refractivity contribution in [2.45, 2.75) is 20.3 Å². The molecule has 0 atom stereocenters. The fourth-order valence-electron chi connectivity index (χ4n) is 1.90. The van der Waals surface area contributed by atoms with E-state index < -0.39 is 0 Å². The Kier molecular flexibility index (Phi) is 5.39. The van der Waals surface area contributed by atoms with E-state index in [2.05, 4.69) is 40.0 Å². The molecule has 0 aliphatic heterocycles. The lowest BCUT2D eigenvalue weighted by Crippen LogP contribution is -1.94. The maximum atomic E-state index is 9.88. The highest BCUT2D eigenvalue weighted by Gasteiger charge is 2.08. The number of rotatable bonds is 5. The Morgan fingerprint density at radius 3 is 2.52 bits per heavy atom. The van der Waals surface area contributed by atoms with Gasteiger partial charge in [0, 0.05) is 6.21 Å². The van der Waals surface area contributed by atoms with Crippen LogP contribution in [-0.2, 0) is 6.42 Å². The van der Waals surface area contributed by atoms with Crippen molar-refractivity contribution in [3.63, 3.8) is 0 Å². The zero-order valence-electron chi connectivity index (χ0n) is 12.1. The third kappa shape index (κ3) is 4.08. The highest BCUT2D eigenvalue weighted by Crippen LogP contribution is 2.35. The van der Waals surface area contributed by atoms with Gasteiger partial charge < -0.3 is 9.84 Å². The summed E-state index contributed by atoms with van der Waals surface area (Å²) in [4.78, 5) is 4.44. The molecule has 0 spiro atoms. The van der Waals surface area contributed by atoms with Crippen LogP contribution < -0.4 is 4.74 Å². The van der Waals surface area contributed by atoms with Crippen molar-refractivity contribution >= 4 is 27.8 Å². The van der Waals surface area contributed by atoms with E-state index in [1.807, 2.05) is 25.1 Å². The predicted molar refractivity (Wildman–Crippen MR) is 90.0 cm³/mol. The molecule has 0 saturated carbocycles. The molecule has 0 radical (unpaired) electrons. The number of phenolic OH excluding ortho intramolecular Hbond substituents is 1. The average Bonchev–Trinajstić information content (AvgIpc) is 2.50. The molecule has 21 heavy (non-hydrogen) atoms. The number of hydrogen-bond acceptors (Lipinski definition) is 3. The molecule has 0 saturated heterocycles. The molecule has 0 heterocycles. The first-order valence-electron chi connectivity index (χ1n) is 6.92. The van der Waals surface area contributed by atoms with Crippen LogP contribution in [0.1, 0.15) is 25.0 Å². The second-order valence-corrected chi connectivity index (χ2v) is 5.42. The number of aromatic hydroxyl groups is 1. The summed E-state index contributed by atoms with van der Waals surface area (Å²) >= 11 is 3.32. The van der Waals surface area contributed by atoms with Crippen molar-refractivity contribution in [1.82, 2.24) is 0 Å². The van der Waals surface area contributed by atoms with Crippen LogP contribution >= 0.6 is 15.9 Å². The van der Waals surface area contributed by atoms with Crippen LogP contribution in [0.15, 0.2) is 45.9 Å². The van der Waals surface area contributed by atoms with Crippen LogP contribution in [0.2, 0.25) is 0 Å². The lowest BCUT2D eigenvalue weighted by molar-refractivity contribution is 0.317. The van der Waals surface area contributed by atoms with Crippen LogP contribution in [0.5, 0.6) is 11.5 Å². The highest BCUT2D eigenvalue weighted by molar-refractivity contribution is 9.10. The molecular weight excluding hydrogens is 330 g/mol. The molecule has 2 aromatic rings. The van der Waals surface area contributed by atoms with Gasteiger partial charge in [-0.25, -0.2) is 0 Å². The van der Waals surface area contributed by atoms with Gasteiger partial charge in [0.05, 0.1) is 16.8 Å². The van der Waals surface area contributed by atoms with Crippen LogP contribution in [0, 0.1) is 0 Å². The van der Waals surface area contributed by atoms with Gasteiger partial charge in [0.25, 0.3) is 0 Å². The van der Waals surface area contributed by atoms with Gasteiger partial charge >= 0.3 is 0 Å². The summed E-state index contributed by atoms with van der Waals surface area (Å²) in [5.74, 6) is 0.566. The Labute approximate surface area is 133 Å². The number of ether oxygens (including phenoxy) is 1. The van der Waals surface area contributed by atoms with E-state index in [9.17, 15) is 5.11 Å². The molecule has 0 fully saturated rings. The molecule has 0 bridgehead atoms. The molecule has 110 valence electrons. The molecule has 3 nitrogen and oxygen atoms in total. The molecule has 0 aliphatic carbocycles. The number of benzene rings is 2. The third-order valence-electron chi connectivity index (χ3n) is 3.06. The van der Waals surface area contributed by atoms with Gasteiger partial charge in [-0.05, 0) is 64.7 Å². The Hall–Kier alpha value is -1.81. The zero-order valence-corrected chi connectivity index (χ0v) is 13.7. The minimum absolute atomic E-state index is 0.112. The zero-order chi connectivity index (χ0) is 15.2. The Balaban J connectivity index is 2.23. The number of halogens is 1. The maximum absolute atomic E-state index is 9.88. The Bertz CT molecular complexity index is 636. The van der Waals surface area contributed by atoms with Gasteiger partial charge in [-0.1, -0.05) is 19.1 Å². The maximum Gasteiger partial charge on any atom is 0.172 e.